The van der Waals surface area contributed by atoms with Crippen molar-refractivity contribution in [2.24, 2.45) is 5.92 Å². The highest BCUT2D eigenvalue weighted by Gasteiger charge is 2.15. The van der Waals surface area contributed by atoms with Crippen LogP contribution in [0.4, 0.5) is 0 Å². The fourth-order valence-electron chi connectivity index (χ4n) is 2.16. The maximum absolute atomic E-state index is 5.60. The summed E-state index contributed by atoms with van der Waals surface area (Å²) in [5.41, 5.74) is 0. The van der Waals surface area contributed by atoms with Crippen molar-refractivity contribution in [3.8, 4) is 0 Å². The minimum absolute atomic E-state index is 0.354. The number of hydrogen-bond donors (Lipinski definition) is 1. The van der Waals surface area contributed by atoms with E-state index in [2.05, 4.69) is 26.1 Å². The van der Waals surface area contributed by atoms with E-state index in [1.54, 1.807) is 0 Å². The number of nitrogens with one attached hydrogen (secondary N) is 1. The van der Waals surface area contributed by atoms with Crippen molar-refractivity contribution in [1.29, 1.82) is 0 Å². The molecule has 1 saturated heterocycles. The Balaban J connectivity index is 1.94. The van der Waals surface area contributed by atoms with Gasteiger partial charge in [-0.2, -0.15) is 0 Å². The molecule has 0 aromatic rings. The Hall–Kier alpha value is -0.120. The summed E-state index contributed by atoms with van der Waals surface area (Å²) in [7, 11) is 0. The van der Waals surface area contributed by atoms with Crippen LogP contribution in [-0.2, 0) is 9.47 Å². The van der Waals surface area contributed by atoms with Gasteiger partial charge in [0.05, 0.1) is 19.3 Å². The summed E-state index contributed by atoms with van der Waals surface area (Å²) in [5.74, 6) is 0.697. The molecule has 1 N–H and O–H groups in total. The van der Waals surface area contributed by atoms with Gasteiger partial charge < -0.3 is 14.8 Å². The molecule has 0 saturated carbocycles. The summed E-state index contributed by atoms with van der Waals surface area (Å²) in [6.45, 7) is 10.2. The summed E-state index contributed by atoms with van der Waals surface area (Å²) in [4.78, 5) is 0. The van der Waals surface area contributed by atoms with E-state index < -0.39 is 0 Å². The molecule has 0 amide bonds. The minimum atomic E-state index is 0.354. The lowest BCUT2D eigenvalue weighted by Gasteiger charge is -2.20. The third-order valence-corrected chi connectivity index (χ3v) is 3.23. The molecule has 96 valence electrons. The first-order valence-corrected chi connectivity index (χ1v) is 6.66. The third-order valence-electron chi connectivity index (χ3n) is 3.23. The second kappa shape index (κ2) is 8.04. The Labute approximate surface area is 99.9 Å². The predicted octanol–water partition coefficient (Wildman–Crippen LogP) is 2.21. The van der Waals surface area contributed by atoms with Crippen LogP contribution in [0.15, 0.2) is 0 Å². The highest BCUT2D eigenvalue weighted by molar-refractivity contribution is 4.68. The number of ether oxygens (including phenoxy) is 2. The molecule has 1 aliphatic rings. The highest BCUT2D eigenvalue weighted by atomic mass is 16.5. The minimum Gasteiger partial charge on any atom is -0.377 e. The molecule has 3 heteroatoms. The van der Waals surface area contributed by atoms with Gasteiger partial charge in [0, 0.05) is 19.2 Å². The molecule has 1 fully saturated rings. The van der Waals surface area contributed by atoms with Crippen LogP contribution in [0.3, 0.4) is 0 Å². The van der Waals surface area contributed by atoms with Gasteiger partial charge in [0.1, 0.15) is 0 Å². The lowest BCUT2D eigenvalue weighted by Crippen LogP contribution is -2.35. The molecule has 0 aliphatic carbocycles. The van der Waals surface area contributed by atoms with E-state index in [0.717, 1.165) is 32.8 Å². The second-order valence-electron chi connectivity index (χ2n) is 4.92. The van der Waals surface area contributed by atoms with Crippen LogP contribution >= 0.6 is 0 Å². The van der Waals surface area contributed by atoms with E-state index in [0.29, 0.717) is 18.1 Å². The van der Waals surface area contributed by atoms with Crippen molar-refractivity contribution >= 4 is 0 Å². The average Bonchev–Trinajstić information content (AvgIpc) is 2.75. The highest BCUT2D eigenvalue weighted by Crippen LogP contribution is 2.11. The van der Waals surface area contributed by atoms with Crippen molar-refractivity contribution in [2.75, 3.05) is 26.4 Å². The zero-order valence-corrected chi connectivity index (χ0v) is 11.0. The SMILES string of the molecule is CCC(NCCOCC1CCCO1)C(C)C. The lowest BCUT2D eigenvalue weighted by molar-refractivity contribution is 0.0175. The monoisotopic (exact) mass is 229 g/mol. The van der Waals surface area contributed by atoms with Crippen molar-refractivity contribution in [3.05, 3.63) is 0 Å². The van der Waals surface area contributed by atoms with Gasteiger partial charge in [0.2, 0.25) is 0 Å². The van der Waals surface area contributed by atoms with E-state index in [-0.39, 0.29) is 0 Å². The molecule has 2 atom stereocenters. The van der Waals surface area contributed by atoms with Crippen LogP contribution in [0.1, 0.15) is 40.0 Å². The summed E-state index contributed by atoms with van der Waals surface area (Å²) < 4.78 is 11.1. The van der Waals surface area contributed by atoms with Crippen molar-refractivity contribution in [1.82, 2.24) is 5.32 Å². The number of rotatable bonds is 8. The standard InChI is InChI=1S/C13H27NO2/c1-4-13(11(2)3)14-7-9-15-10-12-6-5-8-16-12/h11-14H,4-10H2,1-3H3. The lowest BCUT2D eigenvalue weighted by atomic mass is 10.0. The zero-order valence-electron chi connectivity index (χ0n) is 11.0. The van der Waals surface area contributed by atoms with E-state index >= 15 is 0 Å². The molecule has 1 rings (SSSR count). The fraction of sp³-hybridized carbons (Fsp3) is 1.00. The van der Waals surface area contributed by atoms with Gasteiger partial charge in [0.25, 0.3) is 0 Å². The Morgan fingerprint density at radius 3 is 2.81 bits per heavy atom. The first kappa shape index (κ1) is 13.9. The van der Waals surface area contributed by atoms with E-state index in [4.69, 9.17) is 9.47 Å². The van der Waals surface area contributed by atoms with Gasteiger partial charge >= 0.3 is 0 Å². The van der Waals surface area contributed by atoms with E-state index in [1.165, 1.54) is 12.8 Å². The zero-order chi connectivity index (χ0) is 11.8. The van der Waals surface area contributed by atoms with E-state index in [9.17, 15) is 0 Å². The quantitative estimate of drug-likeness (QED) is 0.647. The predicted molar refractivity (Wildman–Crippen MR) is 66.7 cm³/mol. The molecular formula is C13H27NO2. The van der Waals surface area contributed by atoms with Crippen LogP contribution in [0, 0.1) is 5.92 Å². The molecule has 0 bridgehead atoms. The van der Waals surface area contributed by atoms with Crippen LogP contribution in [0.2, 0.25) is 0 Å². The van der Waals surface area contributed by atoms with Crippen molar-refractivity contribution in [3.63, 3.8) is 0 Å². The largest absolute Gasteiger partial charge is 0.377 e. The third kappa shape index (κ3) is 5.28. The maximum atomic E-state index is 5.60. The maximum Gasteiger partial charge on any atom is 0.0809 e. The molecule has 1 aliphatic heterocycles. The van der Waals surface area contributed by atoms with Crippen molar-refractivity contribution in [2.45, 2.75) is 52.2 Å². The van der Waals surface area contributed by atoms with Crippen LogP contribution in [-0.4, -0.2) is 38.5 Å². The Kier molecular flexibility index (Phi) is 7.01. The van der Waals surface area contributed by atoms with E-state index in [1.807, 2.05) is 0 Å². The summed E-state index contributed by atoms with van der Waals surface area (Å²) in [5, 5.41) is 3.53. The van der Waals surface area contributed by atoms with Crippen LogP contribution in [0.5, 0.6) is 0 Å². The Bertz CT molecular complexity index is 167. The normalized spacial score (nSPS) is 22.9. The number of hydrogen-bond acceptors (Lipinski definition) is 3. The second-order valence-corrected chi connectivity index (χ2v) is 4.92. The van der Waals surface area contributed by atoms with Gasteiger partial charge in [-0.05, 0) is 25.2 Å². The average molecular weight is 229 g/mol. The molecule has 3 nitrogen and oxygen atoms in total. The van der Waals surface area contributed by atoms with Crippen LogP contribution < -0.4 is 5.32 Å². The molecule has 16 heavy (non-hydrogen) atoms. The Morgan fingerprint density at radius 1 is 1.44 bits per heavy atom. The molecule has 1 heterocycles. The molecule has 0 radical (unpaired) electrons. The van der Waals surface area contributed by atoms with Crippen molar-refractivity contribution < 1.29 is 9.47 Å². The molecule has 0 aromatic carbocycles. The Morgan fingerprint density at radius 2 is 2.25 bits per heavy atom. The van der Waals surface area contributed by atoms with Gasteiger partial charge in [0.15, 0.2) is 0 Å². The topological polar surface area (TPSA) is 30.5 Å². The van der Waals surface area contributed by atoms with Gasteiger partial charge in [-0.15, -0.1) is 0 Å². The molecule has 0 aromatic heterocycles. The van der Waals surface area contributed by atoms with Crippen LogP contribution in [0.25, 0.3) is 0 Å². The summed E-state index contributed by atoms with van der Waals surface area (Å²) in [6, 6.07) is 0.617. The summed E-state index contributed by atoms with van der Waals surface area (Å²) >= 11 is 0. The fourth-order valence-corrected chi connectivity index (χ4v) is 2.16. The smallest absolute Gasteiger partial charge is 0.0809 e. The first-order valence-electron chi connectivity index (χ1n) is 6.66. The molecular weight excluding hydrogens is 202 g/mol. The summed E-state index contributed by atoms with van der Waals surface area (Å²) in [6.07, 6.45) is 3.89. The van der Waals surface area contributed by atoms with Gasteiger partial charge in [-0.25, -0.2) is 0 Å². The van der Waals surface area contributed by atoms with Gasteiger partial charge in [-0.1, -0.05) is 20.8 Å². The molecule has 0 spiro atoms. The molecule has 2 unspecified atom stereocenters. The first-order chi connectivity index (χ1) is 7.74. The van der Waals surface area contributed by atoms with Gasteiger partial charge in [-0.3, -0.25) is 0 Å².